The van der Waals surface area contributed by atoms with Crippen LogP contribution in [0.5, 0.6) is 5.75 Å². The summed E-state index contributed by atoms with van der Waals surface area (Å²) in [6.45, 7) is 1.94. The van der Waals surface area contributed by atoms with Crippen LogP contribution in [0.1, 0.15) is 11.9 Å². The van der Waals surface area contributed by atoms with E-state index in [0.29, 0.717) is 6.54 Å². The third kappa shape index (κ3) is 3.04. The Bertz CT molecular complexity index is 520. The summed E-state index contributed by atoms with van der Waals surface area (Å²) in [5, 5.41) is 14.7. The zero-order valence-corrected chi connectivity index (χ0v) is 10.1. The summed E-state index contributed by atoms with van der Waals surface area (Å²) in [6, 6.07) is 6.88. The molecular formula is C12H12N2O2S. The number of aromatic hydroxyl groups is 1. The van der Waals surface area contributed by atoms with Gasteiger partial charge in [0.05, 0.1) is 12.2 Å². The van der Waals surface area contributed by atoms with Gasteiger partial charge in [-0.25, -0.2) is 4.98 Å². The lowest BCUT2D eigenvalue weighted by Gasteiger charge is -1.98. The smallest absolute Gasteiger partial charge is 0.217 e. The minimum atomic E-state index is -0.0635. The normalized spacial score (nSPS) is 10.2. The Morgan fingerprint density at radius 3 is 2.76 bits per heavy atom. The van der Waals surface area contributed by atoms with E-state index >= 15 is 0 Å². The number of phenolic OH excluding ortho intramolecular Hbond substituents is 1. The molecule has 0 saturated carbocycles. The lowest BCUT2D eigenvalue weighted by molar-refractivity contribution is -0.119. The van der Waals surface area contributed by atoms with Crippen molar-refractivity contribution in [3.8, 4) is 17.0 Å². The van der Waals surface area contributed by atoms with Crippen LogP contribution in [-0.2, 0) is 11.3 Å². The van der Waals surface area contributed by atoms with Crippen LogP contribution in [0.4, 0.5) is 0 Å². The molecular weight excluding hydrogens is 236 g/mol. The van der Waals surface area contributed by atoms with Gasteiger partial charge in [0, 0.05) is 17.9 Å². The summed E-state index contributed by atoms with van der Waals surface area (Å²) in [5.41, 5.74) is 1.81. The van der Waals surface area contributed by atoms with Crippen LogP contribution in [0.3, 0.4) is 0 Å². The van der Waals surface area contributed by atoms with Gasteiger partial charge in [0.2, 0.25) is 5.91 Å². The van der Waals surface area contributed by atoms with Crippen LogP contribution in [-0.4, -0.2) is 16.0 Å². The van der Waals surface area contributed by atoms with E-state index in [9.17, 15) is 9.90 Å². The molecule has 0 atom stereocenters. The Morgan fingerprint density at radius 1 is 1.41 bits per heavy atom. The first-order valence-electron chi connectivity index (χ1n) is 5.13. The number of carbonyl (C=O) groups is 1. The van der Waals surface area contributed by atoms with Gasteiger partial charge in [0.15, 0.2) is 0 Å². The summed E-state index contributed by atoms with van der Waals surface area (Å²) in [6.07, 6.45) is 0. The highest BCUT2D eigenvalue weighted by atomic mass is 32.1. The second kappa shape index (κ2) is 4.97. The fourth-order valence-corrected chi connectivity index (χ4v) is 2.10. The van der Waals surface area contributed by atoms with Gasteiger partial charge >= 0.3 is 0 Å². The maximum Gasteiger partial charge on any atom is 0.217 e. The molecule has 0 radical (unpaired) electrons. The average Bonchev–Trinajstić information content (AvgIpc) is 2.76. The monoisotopic (exact) mass is 248 g/mol. The largest absolute Gasteiger partial charge is 0.508 e. The number of rotatable bonds is 3. The van der Waals surface area contributed by atoms with Crippen molar-refractivity contribution in [1.29, 1.82) is 0 Å². The summed E-state index contributed by atoms with van der Waals surface area (Å²) in [7, 11) is 0. The standard InChI is InChI=1S/C12H12N2O2S/c1-8(15)13-6-12-14-11(7-17-12)9-2-4-10(16)5-3-9/h2-5,7,16H,6H2,1H3,(H,13,15). The maximum atomic E-state index is 10.8. The lowest BCUT2D eigenvalue weighted by atomic mass is 10.2. The van der Waals surface area contributed by atoms with Gasteiger partial charge < -0.3 is 10.4 Å². The van der Waals surface area contributed by atoms with Crippen molar-refractivity contribution in [1.82, 2.24) is 10.3 Å². The number of phenols is 1. The first-order valence-corrected chi connectivity index (χ1v) is 6.01. The van der Waals surface area contributed by atoms with Crippen molar-refractivity contribution >= 4 is 17.2 Å². The minimum Gasteiger partial charge on any atom is -0.508 e. The van der Waals surface area contributed by atoms with Gasteiger partial charge in [-0.2, -0.15) is 0 Å². The number of nitrogens with one attached hydrogen (secondary N) is 1. The highest BCUT2D eigenvalue weighted by molar-refractivity contribution is 7.09. The van der Waals surface area contributed by atoms with Crippen molar-refractivity contribution in [2.24, 2.45) is 0 Å². The van der Waals surface area contributed by atoms with E-state index in [1.807, 2.05) is 17.5 Å². The molecule has 17 heavy (non-hydrogen) atoms. The maximum absolute atomic E-state index is 10.8. The van der Waals surface area contributed by atoms with Crippen molar-refractivity contribution in [3.05, 3.63) is 34.7 Å². The molecule has 2 rings (SSSR count). The summed E-state index contributed by atoms with van der Waals surface area (Å²) < 4.78 is 0. The zero-order valence-electron chi connectivity index (χ0n) is 9.30. The lowest BCUT2D eigenvalue weighted by Crippen LogP contribution is -2.18. The topological polar surface area (TPSA) is 62.2 Å². The molecule has 0 aliphatic rings. The second-order valence-corrected chi connectivity index (χ2v) is 4.53. The SMILES string of the molecule is CC(=O)NCc1nc(-c2ccc(O)cc2)cs1. The van der Waals surface area contributed by atoms with Gasteiger partial charge in [-0.1, -0.05) is 0 Å². The molecule has 5 heteroatoms. The summed E-state index contributed by atoms with van der Waals surface area (Å²) in [4.78, 5) is 15.2. The van der Waals surface area contributed by atoms with Gasteiger partial charge in [-0.3, -0.25) is 4.79 Å². The van der Waals surface area contributed by atoms with E-state index in [0.717, 1.165) is 16.3 Å². The average molecular weight is 248 g/mol. The van der Waals surface area contributed by atoms with Crippen LogP contribution >= 0.6 is 11.3 Å². The van der Waals surface area contributed by atoms with Gasteiger partial charge in [0.25, 0.3) is 0 Å². The van der Waals surface area contributed by atoms with Crippen LogP contribution in [0.25, 0.3) is 11.3 Å². The Kier molecular flexibility index (Phi) is 3.39. The minimum absolute atomic E-state index is 0.0635. The van der Waals surface area contributed by atoms with Crippen LogP contribution < -0.4 is 5.32 Å². The van der Waals surface area contributed by atoms with E-state index in [4.69, 9.17) is 0 Å². The molecule has 0 unspecified atom stereocenters. The van der Waals surface area contributed by atoms with E-state index in [-0.39, 0.29) is 11.7 Å². The van der Waals surface area contributed by atoms with E-state index in [1.165, 1.54) is 18.3 Å². The van der Waals surface area contributed by atoms with Crippen LogP contribution in [0, 0.1) is 0 Å². The molecule has 0 aliphatic heterocycles. The van der Waals surface area contributed by atoms with Crippen molar-refractivity contribution in [2.45, 2.75) is 13.5 Å². The Balaban J connectivity index is 2.12. The number of aromatic nitrogens is 1. The van der Waals surface area contributed by atoms with Gasteiger partial charge in [0.1, 0.15) is 10.8 Å². The molecule has 0 aliphatic carbocycles. The summed E-state index contributed by atoms with van der Waals surface area (Å²) >= 11 is 1.50. The van der Waals surface area contributed by atoms with E-state index < -0.39 is 0 Å². The first-order chi connectivity index (χ1) is 8.15. The summed E-state index contributed by atoms with van der Waals surface area (Å²) in [5.74, 6) is 0.175. The molecule has 0 saturated heterocycles. The molecule has 0 spiro atoms. The Hall–Kier alpha value is -1.88. The highest BCUT2D eigenvalue weighted by Crippen LogP contribution is 2.23. The molecule has 1 aromatic heterocycles. The Morgan fingerprint density at radius 2 is 2.12 bits per heavy atom. The number of hydrogen-bond donors (Lipinski definition) is 2. The number of amides is 1. The van der Waals surface area contributed by atoms with E-state index in [1.54, 1.807) is 12.1 Å². The second-order valence-electron chi connectivity index (χ2n) is 3.58. The fraction of sp³-hybridized carbons (Fsp3) is 0.167. The van der Waals surface area contributed by atoms with Crippen molar-refractivity contribution < 1.29 is 9.90 Å². The zero-order chi connectivity index (χ0) is 12.3. The quantitative estimate of drug-likeness (QED) is 0.875. The number of nitrogens with zero attached hydrogens (tertiary/aromatic N) is 1. The number of hydrogen-bond acceptors (Lipinski definition) is 4. The van der Waals surface area contributed by atoms with Gasteiger partial charge in [-0.05, 0) is 24.3 Å². The molecule has 0 bridgehead atoms. The number of carbonyl (C=O) groups excluding carboxylic acids is 1. The van der Waals surface area contributed by atoms with Crippen LogP contribution in [0.15, 0.2) is 29.6 Å². The predicted octanol–water partition coefficient (Wildman–Crippen LogP) is 2.15. The third-order valence-electron chi connectivity index (χ3n) is 2.20. The van der Waals surface area contributed by atoms with Crippen LogP contribution in [0.2, 0.25) is 0 Å². The van der Waals surface area contributed by atoms with Crippen molar-refractivity contribution in [3.63, 3.8) is 0 Å². The predicted molar refractivity (Wildman–Crippen MR) is 66.7 cm³/mol. The fourth-order valence-electron chi connectivity index (χ4n) is 1.36. The van der Waals surface area contributed by atoms with Gasteiger partial charge in [-0.15, -0.1) is 11.3 Å². The molecule has 4 nitrogen and oxygen atoms in total. The van der Waals surface area contributed by atoms with E-state index in [2.05, 4.69) is 10.3 Å². The molecule has 1 amide bonds. The first kappa shape index (κ1) is 11.6. The van der Waals surface area contributed by atoms with Crippen molar-refractivity contribution in [2.75, 3.05) is 0 Å². The molecule has 2 aromatic rings. The molecule has 0 fully saturated rings. The molecule has 2 N–H and O–H groups in total. The molecule has 1 aromatic carbocycles. The molecule has 1 heterocycles. The Labute approximate surface area is 103 Å². The number of benzene rings is 1. The third-order valence-corrected chi connectivity index (χ3v) is 3.05. The number of thiazole rings is 1. The molecule has 88 valence electrons. The highest BCUT2D eigenvalue weighted by Gasteiger charge is 2.04.